The van der Waals surface area contributed by atoms with E-state index in [2.05, 4.69) is 18.9 Å². The van der Waals surface area contributed by atoms with E-state index in [0.29, 0.717) is 5.92 Å². The molecule has 0 radical (unpaired) electrons. The van der Waals surface area contributed by atoms with E-state index in [4.69, 9.17) is 0 Å². The molecule has 1 aliphatic rings. The lowest BCUT2D eigenvalue weighted by atomic mass is 10.1. The van der Waals surface area contributed by atoms with Crippen LogP contribution in [0.25, 0.3) is 0 Å². The van der Waals surface area contributed by atoms with Crippen LogP contribution in [0, 0.1) is 5.92 Å². The molecule has 0 aliphatic heterocycles. The molecule has 1 aromatic heterocycles. The Bertz CT molecular complexity index is 323. The van der Waals surface area contributed by atoms with E-state index in [1.807, 2.05) is 6.20 Å². The van der Waals surface area contributed by atoms with Crippen molar-refractivity contribution < 1.29 is 4.79 Å². The zero-order valence-corrected chi connectivity index (χ0v) is 8.03. The van der Waals surface area contributed by atoms with Crippen LogP contribution in [0.2, 0.25) is 0 Å². The van der Waals surface area contributed by atoms with E-state index in [0.717, 1.165) is 18.4 Å². The Kier molecular flexibility index (Phi) is 1.94. The molecule has 1 heterocycles. The fraction of sp³-hybridized carbons (Fsp3) is 0.600. The Morgan fingerprint density at radius 1 is 1.62 bits per heavy atom. The molecule has 1 aromatic rings. The lowest BCUT2D eigenvalue weighted by molar-refractivity contribution is 0.0870. The molecule has 0 N–H and O–H groups in total. The highest BCUT2D eigenvalue weighted by Crippen LogP contribution is 2.30. The van der Waals surface area contributed by atoms with Crippen molar-refractivity contribution in [1.82, 2.24) is 9.78 Å². The van der Waals surface area contributed by atoms with Gasteiger partial charge in [0.15, 0.2) is 0 Å². The number of hydrogen-bond donors (Lipinski definition) is 0. The second kappa shape index (κ2) is 2.98. The summed E-state index contributed by atoms with van der Waals surface area (Å²) in [6.45, 7) is 4.20. The maximum absolute atomic E-state index is 11.5. The van der Waals surface area contributed by atoms with E-state index in [1.54, 1.807) is 6.20 Å². The van der Waals surface area contributed by atoms with Gasteiger partial charge in [-0.1, -0.05) is 13.8 Å². The van der Waals surface area contributed by atoms with E-state index < -0.39 is 0 Å². The fourth-order valence-electron chi connectivity index (χ4n) is 1.27. The Hall–Kier alpha value is -1.12. The SMILES string of the molecule is CC(C)c1cnn(C(=O)C2CC2)c1. The molecule has 70 valence electrons. The molecule has 1 fully saturated rings. The van der Waals surface area contributed by atoms with E-state index in [-0.39, 0.29) is 11.8 Å². The third-order valence-corrected chi connectivity index (χ3v) is 2.42. The third-order valence-electron chi connectivity index (χ3n) is 2.42. The van der Waals surface area contributed by atoms with Gasteiger partial charge in [0.2, 0.25) is 5.91 Å². The largest absolute Gasteiger partial charge is 0.272 e. The van der Waals surface area contributed by atoms with Crippen molar-refractivity contribution in [2.24, 2.45) is 5.92 Å². The maximum Gasteiger partial charge on any atom is 0.249 e. The van der Waals surface area contributed by atoms with Gasteiger partial charge < -0.3 is 0 Å². The van der Waals surface area contributed by atoms with Crippen LogP contribution in [0.3, 0.4) is 0 Å². The molecule has 0 saturated heterocycles. The Labute approximate surface area is 77.7 Å². The average Bonchev–Trinajstić information content (AvgIpc) is 2.81. The molecule has 13 heavy (non-hydrogen) atoms. The number of rotatable bonds is 2. The molecule has 0 amide bonds. The summed E-state index contributed by atoms with van der Waals surface area (Å²) < 4.78 is 1.49. The van der Waals surface area contributed by atoms with Crippen LogP contribution in [0.4, 0.5) is 0 Å². The van der Waals surface area contributed by atoms with E-state index in [9.17, 15) is 4.79 Å². The molecule has 0 aromatic carbocycles. The van der Waals surface area contributed by atoms with Gasteiger partial charge in [0.25, 0.3) is 0 Å². The number of carbonyl (C=O) groups is 1. The van der Waals surface area contributed by atoms with E-state index in [1.165, 1.54) is 4.68 Å². The zero-order valence-electron chi connectivity index (χ0n) is 8.03. The molecular formula is C10H14N2O. The van der Waals surface area contributed by atoms with Crippen molar-refractivity contribution in [2.45, 2.75) is 32.6 Å². The van der Waals surface area contributed by atoms with Gasteiger partial charge in [0.05, 0.1) is 6.20 Å². The van der Waals surface area contributed by atoms with Gasteiger partial charge in [-0.3, -0.25) is 4.79 Å². The maximum atomic E-state index is 11.5. The standard InChI is InChI=1S/C10H14N2O/c1-7(2)9-5-11-12(6-9)10(13)8-3-4-8/h5-8H,3-4H2,1-2H3. The molecule has 3 heteroatoms. The summed E-state index contributed by atoms with van der Waals surface area (Å²) in [5, 5.41) is 4.07. The number of aromatic nitrogens is 2. The van der Waals surface area contributed by atoms with Gasteiger partial charge in [-0.2, -0.15) is 5.10 Å². The van der Waals surface area contributed by atoms with Gasteiger partial charge in [-0.05, 0) is 24.3 Å². The number of nitrogens with zero attached hydrogens (tertiary/aromatic N) is 2. The summed E-state index contributed by atoms with van der Waals surface area (Å²) in [4.78, 5) is 11.5. The van der Waals surface area contributed by atoms with Gasteiger partial charge >= 0.3 is 0 Å². The molecule has 0 bridgehead atoms. The minimum atomic E-state index is 0.159. The normalized spacial score (nSPS) is 16.5. The first-order valence-corrected chi connectivity index (χ1v) is 4.77. The summed E-state index contributed by atoms with van der Waals surface area (Å²) in [6, 6.07) is 0. The van der Waals surface area contributed by atoms with Crippen LogP contribution in [0.5, 0.6) is 0 Å². The van der Waals surface area contributed by atoms with Crippen LogP contribution in [0.1, 0.15) is 43.0 Å². The molecule has 1 saturated carbocycles. The highest BCUT2D eigenvalue weighted by Gasteiger charge is 2.31. The third kappa shape index (κ3) is 1.64. The van der Waals surface area contributed by atoms with Crippen LogP contribution >= 0.6 is 0 Å². The lowest BCUT2D eigenvalue weighted by Gasteiger charge is -1.98. The fourth-order valence-corrected chi connectivity index (χ4v) is 1.27. The number of hydrogen-bond acceptors (Lipinski definition) is 2. The Morgan fingerprint density at radius 2 is 2.31 bits per heavy atom. The molecule has 0 spiro atoms. The van der Waals surface area contributed by atoms with Crippen molar-refractivity contribution in [3.63, 3.8) is 0 Å². The monoisotopic (exact) mass is 178 g/mol. The van der Waals surface area contributed by atoms with E-state index >= 15 is 0 Å². The highest BCUT2D eigenvalue weighted by atomic mass is 16.2. The Morgan fingerprint density at radius 3 is 2.77 bits per heavy atom. The molecule has 0 atom stereocenters. The first kappa shape index (κ1) is 8.48. The van der Waals surface area contributed by atoms with Crippen molar-refractivity contribution in [3.05, 3.63) is 18.0 Å². The van der Waals surface area contributed by atoms with Crippen LogP contribution in [-0.4, -0.2) is 15.7 Å². The second-order valence-electron chi connectivity index (χ2n) is 3.99. The van der Waals surface area contributed by atoms with Crippen molar-refractivity contribution in [2.75, 3.05) is 0 Å². The summed E-state index contributed by atoms with van der Waals surface area (Å²) in [5.41, 5.74) is 1.13. The van der Waals surface area contributed by atoms with Gasteiger partial charge in [-0.25, -0.2) is 4.68 Å². The van der Waals surface area contributed by atoms with Gasteiger partial charge in [0.1, 0.15) is 0 Å². The van der Waals surface area contributed by atoms with Gasteiger partial charge in [-0.15, -0.1) is 0 Å². The first-order valence-electron chi connectivity index (χ1n) is 4.77. The van der Waals surface area contributed by atoms with Crippen molar-refractivity contribution >= 4 is 5.91 Å². The summed E-state index contributed by atoms with van der Waals surface area (Å²) >= 11 is 0. The first-order chi connectivity index (χ1) is 6.18. The quantitative estimate of drug-likeness (QED) is 0.694. The molecular weight excluding hydrogens is 164 g/mol. The molecule has 0 unspecified atom stereocenters. The van der Waals surface area contributed by atoms with Gasteiger partial charge in [0, 0.05) is 12.1 Å². The average molecular weight is 178 g/mol. The summed E-state index contributed by atoms with van der Waals surface area (Å²) in [5.74, 6) is 0.854. The predicted octanol–water partition coefficient (Wildman–Crippen LogP) is 2.06. The molecule has 2 rings (SSSR count). The topological polar surface area (TPSA) is 34.9 Å². The smallest absolute Gasteiger partial charge is 0.249 e. The Balaban J connectivity index is 2.16. The summed E-state index contributed by atoms with van der Waals surface area (Å²) in [7, 11) is 0. The highest BCUT2D eigenvalue weighted by molar-refractivity contribution is 5.82. The predicted molar refractivity (Wildman–Crippen MR) is 49.7 cm³/mol. The zero-order chi connectivity index (χ0) is 9.42. The van der Waals surface area contributed by atoms with Crippen LogP contribution in [0.15, 0.2) is 12.4 Å². The minimum absolute atomic E-state index is 0.159. The molecule has 3 nitrogen and oxygen atoms in total. The van der Waals surface area contributed by atoms with Crippen LogP contribution < -0.4 is 0 Å². The number of carbonyl (C=O) groups excluding carboxylic acids is 1. The minimum Gasteiger partial charge on any atom is -0.272 e. The molecule has 1 aliphatic carbocycles. The van der Waals surface area contributed by atoms with Crippen molar-refractivity contribution in [3.8, 4) is 0 Å². The van der Waals surface area contributed by atoms with Crippen molar-refractivity contribution in [1.29, 1.82) is 0 Å². The van der Waals surface area contributed by atoms with Crippen LogP contribution in [-0.2, 0) is 0 Å². The second-order valence-corrected chi connectivity index (χ2v) is 3.99. The lowest BCUT2D eigenvalue weighted by Crippen LogP contribution is -2.12. The summed E-state index contributed by atoms with van der Waals surface area (Å²) in [6.07, 6.45) is 5.71.